The fraction of sp³-hybridized carbons (Fsp3) is 0.312. The van der Waals surface area contributed by atoms with Gasteiger partial charge in [-0.05, 0) is 21.5 Å². The van der Waals surface area contributed by atoms with E-state index >= 15 is 0 Å². The quantitative estimate of drug-likeness (QED) is 0.865. The Morgan fingerprint density at radius 2 is 1.96 bits per heavy atom. The zero-order chi connectivity index (χ0) is 17.1. The predicted octanol–water partition coefficient (Wildman–Crippen LogP) is 2.54. The van der Waals surface area contributed by atoms with Gasteiger partial charge in [-0.1, -0.05) is 30.3 Å². The molecule has 126 valence electrons. The number of ether oxygens (including phenoxy) is 1. The topological polar surface area (TPSA) is 84.7 Å². The lowest BCUT2D eigenvalue weighted by Gasteiger charge is -2.19. The molecule has 0 saturated heterocycles. The lowest BCUT2D eigenvalue weighted by Crippen LogP contribution is -2.34. The molecule has 8 heteroatoms. The summed E-state index contributed by atoms with van der Waals surface area (Å²) in [6.07, 6.45) is 0.0197. The maximum Gasteiger partial charge on any atom is 0.410 e. The highest BCUT2D eigenvalue weighted by atomic mass is 79.9. The van der Waals surface area contributed by atoms with Crippen molar-refractivity contribution in [3.63, 3.8) is 0 Å². The molecular weight excluding hydrogens is 378 g/mol. The van der Waals surface area contributed by atoms with Crippen molar-refractivity contribution in [3.8, 4) is 0 Å². The molecule has 0 unspecified atom stereocenters. The first-order valence-corrected chi connectivity index (χ1v) is 8.29. The molecule has 1 amide bonds. The van der Waals surface area contributed by atoms with Gasteiger partial charge in [0.05, 0.1) is 5.69 Å². The summed E-state index contributed by atoms with van der Waals surface area (Å²) in [6, 6.07) is 9.47. The largest absolute Gasteiger partial charge is 0.476 e. The first kappa shape index (κ1) is 16.5. The molecule has 7 nitrogen and oxygen atoms in total. The fourth-order valence-corrected chi connectivity index (χ4v) is 3.24. The van der Waals surface area contributed by atoms with Crippen molar-refractivity contribution >= 4 is 28.0 Å². The SMILES string of the molecule is O=C(O)c1nc(Br)n2c1CCN(C(=O)OCc1ccccc1)CC2. The lowest BCUT2D eigenvalue weighted by molar-refractivity contribution is 0.0689. The van der Waals surface area contributed by atoms with E-state index in [1.54, 1.807) is 9.47 Å². The van der Waals surface area contributed by atoms with Gasteiger partial charge in [-0.2, -0.15) is 0 Å². The first-order chi connectivity index (χ1) is 11.6. The number of rotatable bonds is 3. The summed E-state index contributed by atoms with van der Waals surface area (Å²) >= 11 is 3.28. The van der Waals surface area contributed by atoms with Crippen LogP contribution < -0.4 is 0 Å². The second kappa shape index (κ2) is 7.04. The van der Waals surface area contributed by atoms with Crippen LogP contribution in [0, 0.1) is 0 Å². The minimum atomic E-state index is -1.07. The van der Waals surface area contributed by atoms with Crippen molar-refractivity contribution < 1.29 is 19.4 Å². The standard InChI is InChI=1S/C16H16BrN3O4/c17-15-18-13(14(21)22)12-6-7-19(8-9-20(12)15)16(23)24-10-11-4-2-1-3-5-11/h1-5H,6-10H2,(H,21,22). The predicted molar refractivity (Wildman–Crippen MR) is 88.8 cm³/mol. The summed E-state index contributed by atoms with van der Waals surface area (Å²) in [7, 11) is 0. The number of hydrogen-bond acceptors (Lipinski definition) is 4. The van der Waals surface area contributed by atoms with Gasteiger partial charge in [-0.3, -0.25) is 0 Å². The van der Waals surface area contributed by atoms with Gasteiger partial charge in [0.1, 0.15) is 6.61 Å². The van der Waals surface area contributed by atoms with Gasteiger partial charge in [0, 0.05) is 26.1 Å². The maximum atomic E-state index is 12.3. The summed E-state index contributed by atoms with van der Waals surface area (Å²) < 4.78 is 7.59. The van der Waals surface area contributed by atoms with Crippen LogP contribution in [-0.4, -0.2) is 44.7 Å². The highest BCUT2D eigenvalue weighted by Gasteiger charge is 2.26. The molecule has 0 fully saturated rings. The second-order valence-electron chi connectivity index (χ2n) is 5.41. The number of halogens is 1. The summed E-state index contributed by atoms with van der Waals surface area (Å²) in [5.74, 6) is -1.07. The Hall–Kier alpha value is -2.35. The van der Waals surface area contributed by atoms with Crippen molar-refractivity contribution in [2.45, 2.75) is 19.6 Å². The van der Waals surface area contributed by atoms with Crippen molar-refractivity contribution in [1.29, 1.82) is 0 Å². The average Bonchev–Trinajstić information content (AvgIpc) is 2.76. The molecule has 0 spiro atoms. The van der Waals surface area contributed by atoms with Crippen LogP contribution in [0.3, 0.4) is 0 Å². The number of carbonyl (C=O) groups is 2. The number of carboxylic acids is 1. The summed E-state index contributed by atoms with van der Waals surface area (Å²) in [5.41, 5.74) is 1.57. The molecule has 0 atom stereocenters. The van der Waals surface area contributed by atoms with E-state index in [1.807, 2.05) is 30.3 Å². The highest BCUT2D eigenvalue weighted by molar-refractivity contribution is 9.10. The Labute approximate surface area is 147 Å². The maximum absolute atomic E-state index is 12.3. The van der Waals surface area contributed by atoms with E-state index in [9.17, 15) is 14.7 Å². The number of nitrogens with zero attached hydrogens (tertiary/aromatic N) is 3. The van der Waals surface area contributed by atoms with Crippen LogP contribution in [0.2, 0.25) is 0 Å². The molecule has 1 N–H and O–H groups in total. The molecule has 0 radical (unpaired) electrons. The van der Waals surface area contributed by atoms with Crippen LogP contribution in [0.25, 0.3) is 0 Å². The monoisotopic (exact) mass is 393 g/mol. The van der Waals surface area contributed by atoms with Crippen LogP contribution in [0.5, 0.6) is 0 Å². The van der Waals surface area contributed by atoms with Gasteiger partial charge in [0.2, 0.25) is 0 Å². The van der Waals surface area contributed by atoms with Crippen molar-refractivity contribution in [2.24, 2.45) is 0 Å². The number of amides is 1. The van der Waals surface area contributed by atoms with Crippen molar-refractivity contribution in [2.75, 3.05) is 13.1 Å². The zero-order valence-electron chi connectivity index (χ0n) is 12.8. The first-order valence-electron chi connectivity index (χ1n) is 7.50. The number of benzene rings is 1. The summed E-state index contributed by atoms with van der Waals surface area (Å²) in [5, 5.41) is 9.23. The Bertz CT molecular complexity index is 760. The van der Waals surface area contributed by atoms with Crippen LogP contribution in [0.15, 0.2) is 35.1 Å². The molecule has 0 bridgehead atoms. The number of aromatic nitrogens is 2. The smallest absolute Gasteiger partial charge is 0.410 e. The molecule has 0 saturated carbocycles. The number of aromatic carboxylic acids is 1. The molecule has 1 aromatic heterocycles. The fourth-order valence-electron chi connectivity index (χ4n) is 2.67. The molecule has 1 aliphatic rings. The average molecular weight is 394 g/mol. The molecular formula is C16H16BrN3O4. The normalized spacial score (nSPS) is 14.0. The van der Waals surface area contributed by atoms with Crippen LogP contribution in [-0.2, 0) is 24.3 Å². The number of fused-ring (bicyclic) bond motifs is 1. The number of carbonyl (C=O) groups excluding carboxylic acids is 1. The zero-order valence-corrected chi connectivity index (χ0v) is 14.4. The number of imidazole rings is 1. The van der Waals surface area contributed by atoms with E-state index in [1.165, 1.54) is 0 Å². The van der Waals surface area contributed by atoms with Crippen molar-refractivity contribution in [1.82, 2.24) is 14.5 Å². The Morgan fingerprint density at radius 3 is 2.67 bits per heavy atom. The molecule has 24 heavy (non-hydrogen) atoms. The lowest BCUT2D eigenvalue weighted by atomic mass is 10.2. The van der Waals surface area contributed by atoms with Gasteiger partial charge in [-0.15, -0.1) is 0 Å². The van der Waals surface area contributed by atoms with Gasteiger partial charge in [0.25, 0.3) is 0 Å². The summed E-state index contributed by atoms with van der Waals surface area (Å²) in [4.78, 5) is 29.1. The van der Waals surface area contributed by atoms with Gasteiger partial charge < -0.3 is 19.3 Å². The second-order valence-corrected chi connectivity index (χ2v) is 6.12. The molecule has 2 heterocycles. The molecule has 2 aromatic rings. The van der Waals surface area contributed by atoms with Gasteiger partial charge in [0.15, 0.2) is 10.4 Å². The van der Waals surface area contributed by atoms with Gasteiger partial charge in [-0.25, -0.2) is 14.6 Å². The third kappa shape index (κ3) is 3.43. The number of carboxylic acid groups (broad SMARTS) is 1. The van der Waals surface area contributed by atoms with Crippen LogP contribution in [0.4, 0.5) is 4.79 Å². The van der Waals surface area contributed by atoms with E-state index in [2.05, 4.69) is 20.9 Å². The minimum absolute atomic E-state index is 0.0291. The van der Waals surface area contributed by atoms with E-state index in [4.69, 9.17) is 4.74 Å². The van der Waals surface area contributed by atoms with E-state index in [0.29, 0.717) is 36.5 Å². The minimum Gasteiger partial charge on any atom is -0.476 e. The van der Waals surface area contributed by atoms with E-state index < -0.39 is 12.1 Å². The van der Waals surface area contributed by atoms with E-state index in [-0.39, 0.29) is 12.3 Å². The molecule has 1 aromatic carbocycles. The Morgan fingerprint density at radius 1 is 1.21 bits per heavy atom. The van der Waals surface area contributed by atoms with Crippen LogP contribution >= 0.6 is 15.9 Å². The van der Waals surface area contributed by atoms with Gasteiger partial charge >= 0.3 is 12.1 Å². The third-order valence-electron chi connectivity index (χ3n) is 3.90. The number of hydrogen-bond donors (Lipinski definition) is 1. The summed E-state index contributed by atoms with van der Waals surface area (Å²) in [6.45, 7) is 1.52. The van der Waals surface area contributed by atoms with Crippen molar-refractivity contribution in [3.05, 3.63) is 52.0 Å². The molecule has 0 aliphatic carbocycles. The highest BCUT2D eigenvalue weighted by Crippen LogP contribution is 2.21. The Kier molecular flexibility index (Phi) is 4.84. The van der Waals surface area contributed by atoms with Crippen LogP contribution in [0.1, 0.15) is 21.7 Å². The van der Waals surface area contributed by atoms with E-state index in [0.717, 1.165) is 5.56 Å². The molecule has 3 rings (SSSR count). The molecule has 1 aliphatic heterocycles. The Balaban J connectivity index is 1.65. The third-order valence-corrected chi connectivity index (χ3v) is 4.51.